The zero-order chi connectivity index (χ0) is 14.8. The number of thioether (sulfide) groups is 1. The predicted molar refractivity (Wildman–Crippen MR) is 83.6 cm³/mol. The molecule has 1 amide bonds. The van der Waals surface area contributed by atoms with Crippen molar-refractivity contribution in [3.05, 3.63) is 5.28 Å². The number of halogens is 1. The number of rotatable bonds is 8. The fraction of sp³-hybridized carbons (Fsp3) is 0.636. The fourth-order valence-electron chi connectivity index (χ4n) is 1.26. The van der Waals surface area contributed by atoms with Gasteiger partial charge in [0.05, 0.1) is 0 Å². The molecule has 0 radical (unpaired) electrons. The van der Waals surface area contributed by atoms with E-state index in [1.54, 1.807) is 7.05 Å². The van der Waals surface area contributed by atoms with Crippen molar-refractivity contribution in [1.82, 2.24) is 20.3 Å². The summed E-state index contributed by atoms with van der Waals surface area (Å²) >= 11 is 7.03. The van der Waals surface area contributed by atoms with Crippen LogP contribution in [0.4, 0.5) is 16.7 Å². The summed E-state index contributed by atoms with van der Waals surface area (Å²) in [6.45, 7) is 3.47. The number of amides is 1. The van der Waals surface area contributed by atoms with E-state index in [1.165, 1.54) is 11.8 Å². The number of carbonyl (C=O) groups is 1. The molecule has 1 aromatic rings. The Morgan fingerprint density at radius 2 is 1.85 bits per heavy atom. The van der Waals surface area contributed by atoms with E-state index in [4.69, 9.17) is 11.6 Å². The Hall–Kier alpha value is -1.28. The molecule has 0 bridgehead atoms. The second kappa shape index (κ2) is 9.60. The van der Waals surface area contributed by atoms with E-state index in [0.717, 1.165) is 19.4 Å². The molecule has 1 rings (SSSR count). The number of anilines is 2. The van der Waals surface area contributed by atoms with E-state index in [9.17, 15) is 4.79 Å². The van der Waals surface area contributed by atoms with Crippen molar-refractivity contribution in [3.63, 3.8) is 0 Å². The molecule has 0 fully saturated rings. The van der Waals surface area contributed by atoms with Gasteiger partial charge in [0.15, 0.2) is 0 Å². The lowest BCUT2D eigenvalue weighted by Gasteiger charge is -2.07. The molecule has 0 atom stereocenters. The van der Waals surface area contributed by atoms with Crippen molar-refractivity contribution in [2.75, 3.05) is 36.5 Å². The van der Waals surface area contributed by atoms with Gasteiger partial charge in [-0.3, -0.25) is 4.79 Å². The maximum absolute atomic E-state index is 11.0. The van der Waals surface area contributed by atoms with Crippen molar-refractivity contribution in [2.24, 2.45) is 0 Å². The summed E-state index contributed by atoms with van der Waals surface area (Å²) in [6, 6.07) is 0. The third kappa shape index (κ3) is 6.76. The van der Waals surface area contributed by atoms with Gasteiger partial charge in [0.1, 0.15) is 0 Å². The SMILES string of the molecule is CCCCNc1nc(Cl)nc(NCCSC(=O)NC)n1. The molecule has 0 aliphatic carbocycles. The van der Waals surface area contributed by atoms with Gasteiger partial charge < -0.3 is 16.0 Å². The molecule has 7 nitrogen and oxygen atoms in total. The number of hydrogen-bond donors (Lipinski definition) is 3. The van der Waals surface area contributed by atoms with Gasteiger partial charge in [-0.05, 0) is 18.0 Å². The van der Waals surface area contributed by atoms with E-state index in [0.29, 0.717) is 24.2 Å². The third-order valence-electron chi connectivity index (χ3n) is 2.24. The van der Waals surface area contributed by atoms with Gasteiger partial charge in [-0.15, -0.1) is 0 Å². The van der Waals surface area contributed by atoms with Crippen LogP contribution >= 0.6 is 23.4 Å². The topological polar surface area (TPSA) is 91.8 Å². The van der Waals surface area contributed by atoms with Gasteiger partial charge in [-0.2, -0.15) is 15.0 Å². The van der Waals surface area contributed by atoms with Crippen LogP contribution in [0, 0.1) is 0 Å². The highest BCUT2D eigenvalue weighted by atomic mass is 35.5. The molecular weight excluding hydrogens is 300 g/mol. The number of nitrogens with zero attached hydrogens (tertiary/aromatic N) is 3. The highest BCUT2D eigenvalue weighted by molar-refractivity contribution is 8.13. The summed E-state index contributed by atoms with van der Waals surface area (Å²) in [4.78, 5) is 23.2. The van der Waals surface area contributed by atoms with Crippen LogP contribution < -0.4 is 16.0 Å². The number of hydrogen-bond acceptors (Lipinski definition) is 7. The van der Waals surface area contributed by atoms with Crippen LogP contribution in [0.15, 0.2) is 0 Å². The minimum atomic E-state index is -0.0672. The van der Waals surface area contributed by atoms with Crippen LogP contribution in [0.25, 0.3) is 0 Å². The summed E-state index contributed by atoms with van der Waals surface area (Å²) in [5.74, 6) is 1.48. The molecule has 0 aromatic carbocycles. The predicted octanol–water partition coefficient (Wildman–Crippen LogP) is 2.22. The normalized spacial score (nSPS) is 10.2. The quantitative estimate of drug-likeness (QED) is 0.633. The number of carbonyl (C=O) groups excluding carboxylic acids is 1. The van der Waals surface area contributed by atoms with Crippen molar-refractivity contribution < 1.29 is 4.79 Å². The molecule has 9 heteroatoms. The maximum atomic E-state index is 11.0. The first-order valence-electron chi connectivity index (χ1n) is 6.39. The van der Waals surface area contributed by atoms with Crippen molar-refractivity contribution >= 4 is 40.5 Å². The molecule has 0 aliphatic rings. The highest BCUT2D eigenvalue weighted by Gasteiger charge is 2.04. The number of unbranched alkanes of at least 4 members (excludes halogenated alkanes) is 1. The van der Waals surface area contributed by atoms with Crippen LogP contribution in [-0.2, 0) is 0 Å². The van der Waals surface area contributed by atoms with Gasteiger partial charge >= 0.3 is 0 Å². The maximum Gasteiger partial charge on any atom is 0.278 e. The summed E-state index contributed by atoms with van der Waals surface area (Å²) in [7, 11) is 1.60. The van der Waals surface area contributed by atoms with E-state index >= 15 is 0 Å². The molecule has 112 valence electrons. The average molecular weight is 319 g/mol. The molecule has 0 saturated carbocycles. The Kier molecular flexibility index (Phi) is 8.05. The van der Waals surface area contributed by atoms with Crippen LogP contribution in [0.5, 0.6) is 0 Å². The summed E-state index contributed by atoms with van der Waals surface area (Å²) < 4.78 is 0. The van der Waals surface area contributed by atoms with E-state index < -0.39 is 0 Å². The minimum Gasteiger partial charge on any atom is -0.354 e. The lowest BCUT2D eigenvalue weighted by Crippen LogP contribution is -2.15. The second-order valence-corrected chi connectivity index (χ2v) is 5.25. The zero-order valence-corrected chi connectivity index (χ0v) is 13.1. The average Bonchev–Trinajstić information content (AvgIpc) is 2.43. The van der Waals surface area contributed by atoms with Gasteiger partial charge in [-0.1, -0.05) is 25.1 Å². The van der Waals surface area contributed by atoms with E-state index in [1.807, 2.05) is 0 Å². The monoisotopic (exact) mass is 318 g/mol. The smallest absolute Gasteiger partial charge is 0.278 e. The first-order chi connectivity index (χ1) is 9.65. The van der Waals surface area contributed by atoms with Crippen LogP contribution in [0.3, 0.4) is 0 Å². The Bertz CT molecular complexity index is 433. The molecule has 1 aromatic heterocycles. The van der Waals surface area contributed by atoms with Crippen LogP contribution in [0.1, 0.15) is 19.8 Å². The molecule has 0 aliphatic heterocycles. The number of nitrogens with one attached hydrogen (secondary N) is 3. The lowest BCUT2D eigenvalue weighted by atomic mass is 10.3. The Morgan fingerprint density at radius 3 is 2.45 bits per heavy atom. The third-order valence-corrected chi connectivity index (χ3v) is 3.29. The Morgan fingerprint density at radius 1 is 1.20 bits per heavy atom. The van der Waals surface area contributed by atoms with Gasteiger partial charge in [0, 0.05) is 25.9 Å². The standard InChI is InChI=1S/C11H19ClN6OS/c1-3-4-5-14-9-16-8(12)17-10(18-9)15-6-7-20-11(19)13-2/h3-7H2,1-2H3,(H,13,19)(H2,14,15,16,17,18). The largest absolute Gasteiger partial charge is 0.354 e. The zero-order valence-electron chi connectivity index (χ0n) is 11.6. The fourth-order valence-corrected chi connectivity index (χ4v) is 1.96. The highest BCUT2D eigenvalue weighted by Crippen LogP contribution is 2.10. The first kappa shape index (κ1) is 16.8. The van der Waals surface area contributed by atoms with E-state index in [-0.39, 0.29) is 10.5 Å². The van der Waals surface area contributed by atoms with Gasteiger partial charge in [0.25, 0.3) is 5.24 Å². The van der Waals surface area contributed by atoms with Crippen molar-refractivity contribution in [1.29, 1.82) is 0 Å². The summed E-state index contributed by atoms with van der Waals surface area (Å²) in [5.41, 5.74) is 0. The van der Waals surface area contributed by atoms with Crippen molar-refractivity contribution in [2.45, 2.75) is 19.8 Å². The summed E-state index contributed by atoms with van der Waals surface area (Å²) in [5, 5.41) is 8.70. The lowest BCUT2D eigenvalue weighted by molar-refractivity contribution is 0.262. The molecular formula is C11H19ClN6OS. The van der Waals surface area contributed by atoms with Gasteiger partial charge in [0.2, 0.25) is 17.2 Å². The van der Waals surface area contributed by atoms with E-state index in [2.05, 4.69) is 37.8 Å². The van der Waals surface area contributed by atoms with Crippen LogP contribution in [0.2, 0.25) is 5.28 Å². The molecule has 0 spiro atoms. The molecule has 20 heavy (non-hydrogen) atoms. The molecule has 3 N–H and O–H groups in total. The Balaban J connectivity index is 2.42. The molecule has 1 heterocycles. The first-order valence-corrected chi connectivity index (χ1v) is 7.76. The number of aromatic nitrogens is 3. The minimum absolute atomic E-state index is 0.0672. The second-order valence-electron chi connectivity index (χ2n) is 3.84. The Labute approximate surface area is 127 Å². The molecule has 0 saturated heterocycles. The molecule has 0 unspecified atom stereocenters. The summed E-state index contributed by atoms with van der Waals surface area (Å²) in [6.07, 6.45) is 2.13. The van der Waals surface area contributed by atoms with Crippen molar-refractivity contribution in [3.8, 4) is 0 Å². The van der Waals surface area contributed by atoms with Crippen LogP contribution in [-0.4, -0.2) is 46.1 Å². The van der Waals surface area contributed by atoms with Gasteiger partial charge in [-0.25, -0.2) is 0 Å².